The molecule has 0 fully saturated rings. The maximum atomic E-state index is 11.7. The Morgan fingerprint density at radius 3 is 1.47 bits per heavy atom. The van der Waals surface area contributed by atoms with Crippen molar-refractivity contribution >= 4 is 29.2 Å². The highest BCUT2D eigenvalue weighted by atomic mass is 35.5. The maximum Gasteiger partial charge on any atom is 0.318 e. The van der Waals surface area contributed by atoms with Gasteiger partial charge in [0.1, 0.15) is 5.41 Å². The predicted molar refractivity (Wildman–Crippen MR) is 77.0 cm³/mol. The van der Waals surface area contributed by atoms with Gasteiger partial charge in [0, 0.05) is 10.0 Å². The van der Waals surface area contributed by atoms with E-state index in [0.29, 0.717) is 21.2 Å². The number of carboxylic acids is 1. The first-order chi connectivity index (χ1) is 8.94. The number of carboxylic acid groups (broad SMARTS) is 1. The first kappa shape index (κ1) is 13.9. The molecule has 2 aromatic rings. The zero-order chi connectivity index (χ0) is 14.0. The van der Waals surface area contributed by atoms with Crippen LogP contribution in [0.15, 0.2) is 48.5 Å². The summed E-state index contributed by atoms with van der Waals surface area (Å²) in [6, 6.07) is 13.7. The van der Waals surface area contributed by atoms with Crippen molar-refractivity contribution in [2.75, 3.05) is 0 Å². The fourth-order valence-electron chi connectivity index (χ4n) is 1.98. The quantitative estimate of drug-likeness (QED) is 0.912. The minimum Gasteiger partial charge on any atom is -0.480 e. The number of rotatable bonds is 3. The maximum absolute atomic E-state index is 11.7. The Balaban J connectivity index is 2.57. The first-order valence-electron chi connectivity index (χ1n) is 5.70. The van der Waals surface area contributed by atoms with Crippen LogP contribution in [0.5, 0.6) is 0 Å². The highest BCUT2D eigenvalue weighted by Gasteiger charge is 2.37. The summed E-state index contributed by atoms with van der Waals surface area (Å²) in [5.74, 6) is -0.919. The Morgan fingerprint density at radius 1 is 0.895 bits per heavy atom. The van der Waals surface area contributed by atoms with Gasteiger partial charge in [0.2, 0.25) is 0 Å². The number of benzene rings is 2. The molecule has 0 spiro atoms. The molecule has 0 radical (unpaired) electrons. The lowest BCUT2D eigenvalue weighted by atomic mass is 9.76. The molecule has 0 saturated heterocycles. The number of hydrogen-bond acceptors (Lipinski definition) is 1. The molecule has 19 heavy (non-hydrogen) atoms. The molecule has 0 aliphatic rings. The molecule has 2 aromatic carbocycles. The molecule has 0 heterocycles. The highest BCUT2D eigenvalue weighted by Crippen LogP contribution is 2.33. The van der Waals surface area contributed by atoms with Crippen molar-refractivity contribution in [2.45, 2.75) is 12.3 Å². The van der Waals surface area contributed by atoms with Gasteiger partial charge in [-0.3, -0.25) is 4.79 Å². The van der Waals surface area contributed by atoms with Gasteiger partial charge in [-0.15, -0.1) is 0 Å². The van der Waals surface area contributed by atoms with E-state index in [1.165, 1.54) is 0 Å². The Labute approximate surface area is 121 Å². The summed E-state index contributed by atoms with van der Waals surface area (Å²) in [4.78, 5) is 11.7. The van der Waals surface area contributed by atoms with Gasteiger partial charge >= 0.3 is 5.97 Å². The van der Waals surface area contributed by atoms with Crippen LogP contribution in [-0.2, 0) is 10.2 Å². The zero-order valence-corrected chi connectivity index (χ0v) is 11.7. The lowest BCUT2D eigenvalue weighted by molar-refractivity contribution is -0.141. The third-order valence-electron chi connectivity index (χ3n) is 3.27. The fraction of sp³-hybridized carbons (Fsp3) is 0.133. The third kappa shape index (κ3) is 2.60. The number of hydrogen-bond donors (Lipinski definition) is 1. The van der Waals surface area contributed by atoms with Crippen molar-refractivity contribution in [2.24, 2.45) is 0 Å². The summed E-state index contributed by atoms with van der Waals surface area (Å²) in [5, 5.41) is 10.8. The molecular formula is C15H12Cl2O2. The average Bonchev–Trinajstić information content (AvgIpc) is 2.39. The van der Waals surface area contributed by atoms with E-state index in [9.17, 15) is 9.90 Å². The van der Waals surface area contributed by atoms with Gasteiger partial charge in [0.15, 0.2) is 0 Å². The van der Waals surface area contributed by atoms with Gasteiger partial charge in [-0.05, 0) is 42.3 Å². The van der Waals surface area contributed by atoms with E-state index in [-0.39, 0.29) is 0 Å². The molecule has 1 N–H and O–H groups in total. The largest absolute Gasteiger partial charge is 0.480 e. The second-order valence-corrected chi connectivity index (χ2v) is 5.32. The zero-order valence-electron chi connectivity index (χ0n) is 10.2. The van der Waals surface area contributed by atoms with Crippen LogP contribution >= 0.6 is 23.2 Å². The lowest BCUT2D eigenvalue weighted by Crippen LogP contribution is -2.33. The van der Waals surface area contributed by atoms with E-state index < -0.39 is 11.4 Å². The van der Waals surface area contributed by atoms with Crippen LogP contribution in [0.25, 0.3) is 0 Å². The highest BCUT2D eigenvalue weighted by molar-refractivity contribution is 6.30. The molecule has 0 aliphatic heterocycles. The van der Waals surface area contributed by atoms with Crippen LogP contribution in [0.3, 0.4) is 0 Å². The van der Waals surface area contributed by atoms with Crippen LogP contribution in [0.2, 0.25) is 10.0 Å². The molecule has 0 saturated carbocycles. The number of halogens is 2. The molecule has 0 unspecified atom stereocenters. The Morgan fingerprint density at radius 2 is 1.21 bits per heavy atom. The Bertz CT molecular complexity index is 543. The van der Waals surface area contributed by atoms with Gasteiger partial charge < -0.3 is 5.11 Å². The SMILES string of the molecule is CC(C(=O)O)(c1ccc(Cl)cc1)c1ccc(Cl)cc1. The topological polar surface area (TPSA) is 37.3 Å². The molecule has 0 bridgehead atoms. The van der Waals surface area contributed by atoms with Crippen LogP contribution in [0.4, 0.5) is 0 Å². The Kier molecular flexibility index (Phi) is 3.83. The fourth-order valence-corrected chi connectivity index (χ4v) is 2.23. The lowest BCUT2D eigenvalue weighted by Gasteiger charge is -2.26. The van der Waals surface area contributed by atoms with E-state index in [0.717, 1.165) is 0 Å². The van der Waals surface area contributed by atoms with Crippen LogP contribution in [-0.4, -0.2) is 11.1 Å². The summed E-state index contributed by atoms with van der Waals surface area (Å²) in [6.07, 6.45) is 0. The van der Waals surface area contributed by atoms with E-state index in [1.54, 1.807) is 55.5 Å². The van der Waals surface area contributed by atoms with Gasteiger partial charge in [0.25, 0.3) is 0 Å². The molecule has 0 amide bonds. The molecular weight excluding hydrogens is 283 g/mol. The van der Waals surface area contributed by atoms with Crippen molar-refractivity contribution in [1.82, 2.24) is 0 Å². The Hall–Kier alpha value is -1.51. The van der Waals surface area contributed by atoms with Gasteiger partial charge in [-0.1, -0.05) is 47.5 Å². The van der Waals surface area contributed by atoms with Gasteiger partial charge in [-0.2, -0.15) is 0 Å². The molecule has 0 aromatic heterocycles. The van der Waals surface area contributed by atoms with Crippen molar-refractivity contribution in [3.63, 3.8) is 0 Å². The van der Waals surface area contributed by atoms with E-state index in [1.807, 2.05) is 0 Å². The van der Waals surface area contributed by atoms with Crippen LogP contribution in [0, 0.1) is 0 Å². The molecule has 0 aliphatic carbocycles. The van der Waals surface area contributed by atoms with Crippen molar-refractivity contribution in [3.8, 4) is 0 Å². The van der Waals surface area contributed by atoms with Gasteiger partial charge in [0.05, 0.1) is 0 Å². The summed E-state index contributed by atoms with van der Waals surface area (Å²) < 4.78 is 0. The smallest absolute Gasteiger partial charge is 0.318 e. The second kappa shape index (κ2) is 5.24. The summed E-state index contributed by atoms with van der Waals surface area (Å²) >= 11 is 11.7. The van der Waals surface area contributed by atoms with Crippen LogP contribution in [0.1, 0.15) is 18.1 Å². The molecule has 2 rings (SSSR count). The first-order valence-corrected chi connectivity index (χ1v) is 6.45. The number of carbonyl (C=O) groups is 1. The molecule has 0 atom stereocenters. The minimum absolute atomic E-state index is 0.576. The van der Waals surface area contributed by atoms with Crippen LogP contribution < -0.4 is 0 Å². The van der Waals surface area contributed by atoms with Crippen molar-refractivity contribution in [3.05, 3.63) is 69.7 Å². The normalized spacial score (nSPS) is 11.3. The van der Waals surface area contributed by atoms with Gasteiger partial charge in [-0.25, -0.2) is 0 Å². The predicted octanol–water partition coefficient (Wildman–Crippen LogP) is 4.38. The molecule has 4 heteroatoms. The van der Waals surface area contributed by atoms with Crippen molar-refractivity contribution in [1.29, 1.82) is 0 Å². The monoisotopic (exact) mass is 294 g/mol. The summed E-state index contributed by atoms with van der Waals surface area (Å²) in [7, 11) is 0. The summed E-state index contributed by atoms with van der Waals surface area (Å²) in [6.45, 7) is 1.67. The molecule has 98 valence electrons. The molecule has 2 nitrogen and oxygen atoms in total. The minimum atomic E-state index is -1.13. The van der Waals surface area contributed by atoms with Crippen molar-refractivity contribution < 1.29 is 9.90 Å². The second-order valence-electron chi connectivity index (χ2n) is 4.44. The summed E-state index contributed by atoms with van der Waals surface area (Å²) in [5.41, 5.74) is 0.216. The van der Waals surface area contributed by atoms with E-state index >= 15 is 0 Å². The number of aliphatic carboxylic acids is 1. The average molecular weight is 295 g/mol. The third-order valence-corrected chi connectivity index (χ3v) is 3.77. The van der Waals surface area contributed by atoms with E-state index in [4.69, 9.17) is 23.2 Å². The van der Waals surface area contributed by atoms with E-state index in [2.05, 4.69) is 0 Å². The standard InChI is InChI=1S/C15H12Cl2O2/c1-15(14(18)19,10-2-6-12(16)7-3-10)11-4-8-13(17)9-5-11/h2-9H,1H3,(H,18,19).